The molecular formula is C16H19NO2. The van der Waals surface area contributed by atoms with Crippen LogP contribution in [0.4, 0.5) is 0 Å². The van der Waals surface area contributed by atoms with Crippen molar-refractivity contribution in [2.75, 3.05) is 7.05 Å². The van der Waals surface area contributed by atoms with Gasteiger partial charge in [0, 0.05) is 6.42 Å². The third-order valence-corrected chi connectivity index (χ3v) is 3.68. The van der Waals surface area contributed by atoms with Crippen LogP contribution >= 0.6 is 0 Å². The standard InChI is InChI=1S/C16H19NO2/c1-3-14-6-7-15(19-14)16(17-2)11-4-5-12-9-18-10-13(12)8-11/h4-8,16-17H,3,9-10H2,1-2H3. The molecule has 0 spiro atoms. The Hall–Kier alpha value is -1.58. The molecule has 0 aliphatic carbocycles. The maximum Gasteiger partial charge on any atom is 0.125 e. The molecule has 3 rings (SSSR count). The lowest BCUT2D eigenvalue weighted by atomic mass is 10.00. The number of ether oxygens (including phenoxy) is 1. The number of furan rings is 1. The van der Waals surface area contributed by atoms with Gasteiger partial charge in [0.1, 0.15) is 11.5 Å². The second-order valence-corrected chi connectivity index (χ2v) is 4.90. The number of rotatable bonds is 4. The van der Waals surface area contributed by atoms with Crippen LogP contribution in [0.15, 0.2) is 34.7 Å². The molecule has 1 aliphatic rings. The summed E-state index contributed by atoms with van der Waals surface area (Å²) in [5, 5.41) is 3.33. The van der Waals surface area contributed by atoms with Gasteiger partial charge in [0.05, 0.1) is 19.3 Å². The highest BCUT2D eigenvalue weighted by atomic mass is 16.5. The fraction of sp³-hybridized carbons (Fsp3) is 0.375. The van der Waals surface area contributed by atoms with Crippen molar-refractivity contribution in [1.82, 2.24) is 5.32 Å². The molecule has 0 fully saturated rings. The fourth-order valence-electron chi connectivity index (χ4n) is 2.58. The predicted octanol–water partition coefficient (Wildman–Crippen LogP) is 3.18. The number of benzene rings is 1. The van der Waals surface area contributed by atoms with Gasteiger partial charge in [-0.15, -0.1) is 0 Å². The normalized spacial score (nSPS) is 15.5. The molecule has 0 saturated heterocycles. The van der Waals surface area contributed by atoms with E-state index in [1.807, 2.05) is 7.05 Å². The van der Waals surface area contributed by atoms with E-state index in [-0.39, 0.29) is 6.04 Å². The number of fused-ring (bicyclic) bond motifs is 1. The van der Waals surface area contributed by atoms with Crippen LogP contribution in [0.25, 0.3) is 0 Å². The van der Waals surface area contributed by atoms with Crippen LogP contribution in [-0.2, 0) is 24.4 Å². The van der Waals surface area contributed by atoms with Crippen molar-refractivity contribution in [3.05, 3.63) is 58.5 Å². The van der Waals surface area contributed by atoms with Crippen LogP contribution in [0.1, 0.15) is 41.2 Å². The van der Waals surface area contributed by atoms with Gasteiger partial charge in [-0.3, -0.25) is 0 Å². The van der Waals surface area contributed by atoms with Gasteiger partial charge in [-0.1, -0.05) is 25.1 Å². The Kier molecular flexibility index (Phi) is 3.40. The van der Waals surface area contributed by atoms with E-state index in [0.29, 0.717) is 0 Å². The van der Waals surface area contributed by atoms with Crippen molar-refractivity contribution in [3.8, 4) is 0 Å². The van der Waals surface area contributed by atoms with Crippen LogP contribution in [0, 0.1) is 0 Å². The van der Waals surface area contributed by atoms with Crippen LogP contribution in [0.2, 0.25) is 0 Å². The summed E-state index contributed by atoms with van der Waals surface area (Å²) < 4.78 is 11.3. The Bertz CT molecular complexity index is 574. The molecule has 1 atom stereocenters. The van der Waals surface area contributed by atoms with Gasteiger partial charge in [0.15, 0.2) is 0 Å². The second-order valence-electron chi connectivity index (χ2n) is 4.90. The van der Waals surface area contributed by atoms with Crippen molar-refractivity contribution in [2.45, 2.75) is 32.6 Å². The van der Waals surface area contributed by atoms with Crippen LogP contribution in [0.5, 0.6) is 0 Å². The molecule has 1 N–H and O–H groups in total. The maximum absolute atomic E-state index is 5.87. The third-order valence-electron chi connectivity index (χ3n) is 3.68. The van der Waals surface area contributed by atoms with Crippen molar-refractivity contribution < 1.29 is 9.15 Å². The van der Waals surface area contributed by atoms with E-state index in [0.717, 1.165) is 31.2 Å². The van der Waals surface area contributed by atoms with E-state index in [2.05, 4.69) is 42.6 Å². The molecule has 0 radical (unpaired) electrons. The lowest BCUT2D eigenvalue weighted by molar-refractivity contribution is 0.134. The molecule has 3 heteroatoms. The molecule has 2 aromatic rings. The molecule has 0 amide bonds. The highest BCUT2D eigenvalue weighted by molar-refractivity contribution is 5.37. The van der Waals surface area contributed by atoms with Crippen LogP contribution in [0.3, 0.4) is 0 Å². The maximum atomic E-state index is 5.87. The summed E-state index contributed by atoms with van der Waals surface area (Å²) in [6.45, 7) is 3.56. The molecule has 2 heterocycles. The molecular weight excluding hydrogens is 238 g/mol. The first-order chi connectivity index (χ1) is 9.31. The molecule has 1 aromatic carbocycles. The number of hydrogen-bond donors (Lipinski definition) is 1. The van der Waals surface area contributed by atoms with E-state index in [9.17, 15) is 0 Å². The Morgan fingerprint density at radius 1 is 1.16 bits per heavy atom. The van der Waals surface area contributed by atoms with E-state index >= 15 is 0 Å². The average molecular weight is 257 g/mol. The fourth-order valence-corrected chi connectivity index (χ4v) is 2.58. The van der Waals surface area contributed by atoms with Gasteiger partial charge >= 0.3 is 0 Å². The van der Waals surface area contributed by atoms with Gasteiger partial charge < -0.3 is 14.5 Å². The SMILES string of the molecule is CCc1ccc(C(NC)c2ccc3c(c2)COC3)o1. The molecule has 1 aromatic heterocycles. The zero-order valence-electron chi connectivity index (χ0n) is 11.4. The van der Waals surface area contributed by atoms with Crippen molar-refractivity contribution in [2.24, 2.45) is 0 Å². The highest BCUT2D eigenvalue weighted by Gasteiger charge is 2.19. The minimum absolute atomic E-state index is 0.103. The quantitative estimate of drug-likeness (QED) is 0.913. The number of hydrogen-bond acceptors (Lipinski definition) is 3. The summed E-state index contributed by atoms with van der Waals surface area (Å²) in [5.74, 6) is 2.00. The van der Waals surface area contributed by atoms with E-state index in [1.165, 1.54) is 16.7 Å². The molecule has 1 unspecified atom stereocenters. The van der Waals surface area contributed by atoms with Gasteiger partial charge in [-0.25, -0.2) is 0 Å². The minimum Gasteiger partial charge on any atom is -0.464 e. The predicted molar refractivity (Wildman–Crippen MR) is 73.9 cm³/mol. The van der Waals surface area contributed by atoms with E-state index in [4.69, 9.17) is 9.15 Å². The van der Waals surface area contributed by atoms with Crippen molar-refractivity contribution in [3.63, 3.8) is 0 Å². The summed E-state index contributed by atoms with van der Waals surface area (Å²) in [7, 11) is 1.96. The molecule has 100 valence electrons. The van der Waals surface area contributed by atoms with E-state index < -0.39 is 0 Å². The Morgan fingerprint density at radius 2 is 2.00 bits per heavy atom. The zero-order chi connectivity index (χ0) is 13.2. The monoisotopic (exact) mass is 257 g/mol. The summed E-state index contributed by atoms with van der Waals surface area (Å²) in [6.07, 6.45) is 0.925. The molecule has 0 saturated carbocycles. The lowest BCUT2D eigenvalue weighted by Gasteiger charge is -2.15. The highest BCUT2D eigenvalue weighted by Crippen LogP contribution is 2.28. The van der Waals surface area contributed by atoms with Crippen molar-refractivity contribution >= 4 is 0 Å². The first kappa shape index (κ1) is 12.5. The Morgan fingerprint density at radius 3 is 2.74 bits per heavy atom. The average Bonchev–Trinajstić information content (AvgIpc) is 3.07. The largest absolute Gasteiger partial charge is 0.464 e. The molecule has 1 aliphatic heterocycles. The van der Waals surface area contributed by atoms with Gasteiger partial charge in [0.2, 0.25) is 0 Å². The Balaban J connectivity index is 1.93. The topological polar surface area (TPSA) is 34.4 Å². The molecule has 19 heavy (non-hydrogen) atoms. The second kappa shape index (κ2) is 5.19. The first-order valence-electron chi connectivity index (χ1n) is 6.77. The smallest absolute Gasteiger partial charge is 0.125 e. The van der Waals surface area contributed by atoms with Gasteiger partial charge in [-0.2, -0.15) is 0 Å². The summed E-state index contributed by atoms with van der Waals surface area (Å²) in [6, 6.07) is 10.7. The zero-order valence-corrected chi connectivity index (χ0v) is 11.4. The van der Waals surface area contributed by atoms with Crippen LogP contribution in [-0.4, -0.2) is 7.05 Å². The van der Waals surface area contributed by atoms with Crippen molar-refractivity contribution in [1.29, 1.82) is 0 Å². The third kappa shape index (κ3) is 2.31. The van der Waals surface area contributed by atoms with Gasteiger partial charge in [0.25, 0.3) is 0 Å². The first-order valence-corrected chi connectivity index (χ1v) is 6.77. The molecule has 0 bridgehead atoms. The minimum atomic E-state index is 0.103. The number of aryl methyl sites for hydroxylation is 1. The molecule has 3 nitrogen and oxygen atoms in total. The lowest BCUT2D eigenvalue weighted by Crippen LogP contribution is -2.17. The summed E-state index contributed by atoms with van der Waals surface area (Å²) >= 11 is 0. The summed E-state index contributed by atoms with van der Waals surface area (Å²) in [5.41, 5.74) is 3.82. The Labute approximate surface area is 113 Å². The van der Waals surface area contributed by atoms with Gasteiger partial charge in [-0.05, 0) is 35.9 Å². The number of nitrogens with one attached hydrogen (secondary N) is 1. The van der Waals surface area contributed by atoms with Crippen LogP contribution < -0.4 is 5.32 Å². The summed E-state index contributed by atoms with van der Waals surface area (Å²) in [4.78, 5) is 0. The van der Waals surface area contributed by atoms with E-state index in [1.54, 1.807) is 0 Å².